The molecular formula is C9H16O. The standard InChI is InChI=1S/C9H16O/c1-7-6-8-4-2-3-5-9(8)10-7/h7-9H,2-6H2,1H3/t7-,8+,9-/m1/s1. The van der Waals surface area contributed by atoms with Crippen LogP contribution in [0.5, 0.6) is 0 Å². The van der Waals surface area contributed by atoms with Crippen molar-refractivity contribution >= 4 is 0 Å². The van der Waals surface area contributed by atoms with Gasteiger partial charge < -0.3 is 4.74 Å². The summed E-state index contributed by atoms with van der Waals surface area (Å²) in [6.45, 7) is 2.21. The van der Waals surface area contributed by atoms with Crippen LogP contribution >= 0.6 is 0 Å². The SMILES string of the molecule is C[C@@H]1C[C@@H]2CCCC[C@H]2O1. The third-order valence-corrected chi connectivity index (χ3v) is 2.88. The van der Waals surface area contributed by atoms with Crippen molar-refractivity contribution in [3.05, 3.63) is 0 Å². The van der Waals surface area contributed by atoms with E-state index in [9.17, 15) is 0 Å². The molecule has 0 amide bonds. The highest BCUT2D eigenvalue weighted by Gasteiger charge is 2.34. The van der Waals surface area contributed by atoms with Crippen molar-refractivity contribution in [3.63, 3.8) is 0 Å². The first kappa shape index (κ1) is 6.66. The summed E-state index contributed by atoms with van der Waals surface area (Å²) in [6, 6.07) is 0. The lowest BCUT2D eigenvalue weighted by atomic mass is 9.86. The van der Waals surface area contributed by atoms with Crippen molar-refractivity contribution < 1.29 is 4.74 Å². The van der Waals surface area contributed by atoms with E-state index in [1.807, 2.05) is 0 Å². The van der Waals surface area contributed by atoms with Crippen LogP contribution in [0.15, 0.2) is 0 Å². The second-order valence-electron chi connectivity index (χ2n) is 3.77. The number of rotatable bonds is 0. The Balaban J connectivity index is 1.97. The van der Waals surface area contributed by atoms with Gasteiger partial charge in [0.25, 0.3) is 0 Å². The van der Waals surface area contributed by atoms with Crippen molar-refractivity contribution in [1.82, 2.24) is 0 Å². The molecule has 10 heavy (non-hydrogen) atoms. The maximum absolute atomic E-state index is 5.77. The summed E-state index contributed by atoms with van der Waals surface area (Å²) in [5, 5.41) is 0. The van der Waals surface area contributed by atoms with E-state index in [1.165, 1.54) is 32.1 Å². The Labute approximate surface area is 62.8 Å². The number of hydrogen-bond acceptors (Lipinski definition) is 1. The fraction of sp³-hybridized carbons (Fsp3) is 1.00. The molecule has 1 nitrogen and oxygen atoms in total. The van der Waals surface area contributed by atoms with E-state index < -0.39 is 0 Å². The van der Waals surface area contributed by atoms with Crippen molar-refractivity contribution in [2.24, 2.45) is 5.92 Å². The smallest absolute Gasteiger partial charge is 0.0607 e. The van der Waals surface area contributed by atoms with E-state index in [0.29, 0.717) is 12.2 Å². The Morgan fingerprint density at radius 3 is 2.80 bits per heavy atom. The molecule has 1 heteroatoms. The summed E-state index contributed by atoms with van der Waals surface area (Å²) in [5.74, 6) is 0.920. The minimum absolute atomic E-state index is 0.549. The minimum atomic E-state index is 0.549. The zero-order chi connectivity index (χ0) is 6.97. The molecule has 1 heterocycles. The summed E-state index contributed by atoms with van der Waals surface area (Å²) in [5.41, 5.74) is 0. The fourth-order valence-electron chi connectivity index (χ4n) is 2.40. The zero-order valence-corrected chi connectivity index (χ0v) is 6.68. The van der Waals surface area contributed by atoms with Crippen molar-refractivity contribution in [2.75, 3.05) is 0 Å². The molecule has 58 valence electrons. The summed E-state index contributed by atoms with van der Waals surface area (Å²) in [6.07, 6.45) is 8.11. The second kappa shape index (κ2) is 2.54. The molecule has 2 rings (SSSR count). The van der Waals surface area contributed by atoms with Crippen LogP contribution in [0, 0.1) is 5.92 Å². The molecule has 1 saturated carbocycles. The first-order chi connectivity index (χ1) is 4.86. The Morgan fingerprint density at radius 1 is 1.20 bits per heavy atom. The maximum Gasteiger partial charge on any atom is 0.0607 e. The van der Waals surface area contributed by atoms with Crippen LogP contribution in [0.25, 0.3) is 0 Å². The first-order valence-electron chi connectivity index (χ1n) is 4.52. The van der Waals surface area contributed by atoms with Gasteiger partial charge in [-0.3, -0.25) is 0 Å². The Morgan fingerprint density at radius 2 is 2.00 bits per heavy atom. The highest BCUT2D eigenvalue weighted by molar-refractivity contribution is 4.83. The minimum Gasteiger partial charge on any atom is -0.375 e. The van der Waals surface area contributed by atoms with Gasteiger partial charge in [0, 0.05) is 0 Å². The van der Waals surface area contributed by atoms with Crippen LogP contribution in [-0.2, 0) is 4.74 Å². The van der Waals surface area contributed by atoms with E-state index >= 15 is 0 Å². The highest BCUT2D eigenvalue weighted by Crippen LogP contribution is 2.36. The van der Waals surface area contributed by atoms with Crippen LogP contribution in [0.2, 0.25) is 0 Å². The molecule has 0 N–H and O–H groups in total. The number of fused-ring (bicyclic) bond motifs is 1. The zero-order valence-electron chi connectivity index (χ0n) is 6.68. The molecule has 3 atom stereocenters. The molecule has 0 radical (unpaired) electrons. The van der Waals surface area contributed by atoms with E-state index in [1.54, 1.807) is 0 Å². The van der Waals surface area contributed by atoms with Crippen molar-refractivity contribution in [1.29, 1.82) is 0 Å². The van der Waals surface area contributed by atoms with E-state index in [4.69, 9.17) is 4.74 Å². The van der Waals surface area contributed by atoms with Crippen LogP contribution in [0.1, 0.15) is 39.0 Å². The van der Waals surface area contributed by atoms with Gasteiger partial charge in [-0.25, -0.2) is 0 Å². The topological polar surface area (TPSA) is 9.23 Å². The molecule has 0 aromatic carbocycles. The monoisotopic (exact) mass is 140 g/mol. The quantitative estimate of drug-likeness (QED) is 0.502. The largest absolute Gasteiger partial charge is 0.375 e. The lowest BCUT2D eigenvalue weighted by Gasteiger charge is -2.23. The van der Waals surface area contributed by atoms with Gasteiger partial charge in [-0.05, 0) is 32.1 Å². The van der Waals surface area contributed by atoms with Crippen LogP contribution < -0.4 is 0 Å². The van der Waals surface area contributed by atoms with Crippen molar-refractivity contribution in [2.45, 2.75) is 51.2 Å². The molecule has 0 aromatic rings. The predicted octanol–water partition coefficient (Wildman–Crippen LogP) is 2.35. The molecule has 2 aliphatic rings. The van der Waals surface area contributed by atoms with E-state index in [0.717, 1.165) is 5.92 Å². The summed E-state index contributed by atoms with van der Waals surface area (Å²) >= 11 is 0. The molecule has 2 fully saturated rings. The predicted molar refractivity (Wildman–Crippen MR) is 40.9 cm³/mol. The van der Waals surface area contributed by atoms with Gasteiger partial charge in [0.1, 0.15) is 0 Å². The normalized spacial score (nSPS) is 47.1. The number of ether oxygens (including phenoxy) is 1. The first-order valence-corrected chi connectivity index (χ1v) is 4.52. The molecule has 0 bridgehead atoms. The van der Waals surface area contributed by atoms with Gasteiger partial charge in [0.15, 0.2) is 0 Å². The number of hydrogen-bond donors (Lipinski definition) is 0. The summed E-state index contributed by atoms with van der Waals surface area (Å²) < 4.78 is 5.77. The maximum atomic E-state index is 5.77. The van der Waals surface area contributed by atoms with Gasteiger partial charge in [-0.15, -0.1) is 0 Å². The molecule has 1 saturated heterocycles. The van der Waals surface area contributed by atoms with Crippen LogP contribution in [0.3, 0.4) is 0 Å². The molecule has 1 aliphatic carbocycles. The third-order valence-electron chi connectivity index (χ3n) is 2.88. The Kier molecular flexibility index (Phi) is 1.69. The third kappa shape index (κ3) is 1.07. The fourth-order valence-corrected chi connectivity index (χ4v) is 2.40. The average Bonchev–Trinajstić information content (AvgIpc) is 2.27. The van der Waals surface area contributed by atoms with Crippen LogP contribution in [-0.4, -0.2) is 12.2 Å². The summed E-state index contributed by atoms with van der Waals surface area (Å²) in [4.78, 5) is 0. The lowest BCUT2D eigenvalue weighted by molar-refractivity contribution is 0.0272. The van der Waals surface area contributed by atoms with Gasteiger partial charge >= 0.3 is 0 Å². The molecule has 0 spiro atoms. The molecule has 0 aromatic heterocycles. The average molecular weight is 140 g/mol. The molecule has 1 aliphatic heterocycles. The van der Waals surface area contributed by atoms with E-state index in [2.05, 4.69) is 6.92 Å². The van der Waals surface area contributed by atoms with Gasteiger partial charge in [0.2, 0.25) is 0 Å². The highest BCUT2D eigenvalue weighted by atomic mass is 16.5. The Hall–Kier alpha value is -0.0400. The molecule has 0 unspecified atom stereocenters. The Bertz CT molecular complexity index is 108. The van der Waals surface area contributed by atoms with Gasteiger partial charge in [-0.2, -0.15) is 0 Å². The van der Waals surface area contributed by atoms with E-state index in [-0.39, 0.29) is 0 Å². The lowest BCUT2D eigenvalue weighted by Crippen LogP contribution is -2.19. The van der Waals surface area contributed by atoms with Crippen molar-refractivity contribution in [3.8, 4) is 0 Å². The van der Waals surface area contributed by atoms with Crippen LogP contribution in [0.4, 0.5) is 0 Å². The van der Waals surface area contributed by atoms with Gasteiger partial charge in [0.05, 0.1) is 12.2 Å². The second-order valence-corrected chi connectivity index (χ2v) is 3.77. The van der Waals surface area contributed by atoms with Gasteiger partial charge in [-0.1, -0.05) is 12.8 Å². The molecular weight excluding hydrogens is 124 g/mol. The summed E-state index contributed by atoms with van der Waals surface area (Å²) in [7, 11) is 0.